The number of amides is 3. The summed E-state index contributed by atoms with van der Waals surface area (Å²) in [4.78, 5) is 52.3. The van der Waals surface area contributed by atoms with Gasteiger partial charge in [-0.3, -0.25) is 19.3 Å². The van der Waals surface area contributed by atoms with Crippen molar-refractivity contribution in [3.05, 3.63) is 147 Å². The molecule has 0 aromatic heterocycles. The first-order chi connectivity index (χ1) is 28.9. The Hall–Kier alpha value is -6.55. The lowest BCUT2D eigenvalue weighted by Crippen LogP contribution is -2.53. The van der Waals surface area contributed by atoms with E-state index in [0.29, 0.717) is 51.3 Å². The summed E-state index contributed by atoms with van der Waals surface area (Å²) in [6.45, 7) is 4.07. The molecule has 2 heterocycles. The minimum atomic E-state index is -0.902. The Balaban J connectivity index is 0.00000195. The van der Waals surface area contributed by atoms with Crippen LogP contribution in [0.25, 0.3) is 11.1 Å². The van der Waals surface area contributed by atoms with Crippen molar-refractivity contribution in [2.75, 3.05) is 18.5 Å². The van der Waals surface area contributed by atoms with Crippen molar-refractivity contribution in [2.24, 2.45) is 0 Å². The van der Waals surface area contributed by atoms with E-state index in [1.807, 2.05) is 54.6 Å². The minimum absolute atomic E-state index is 0.125. The van der Waals surface area contributed by atoms with E-state index < -0.39 is 18.2 Å². The zero-order valence-electron chi connectivity index (χ0n) is 33.1. The van der Waals surface area contributed by atoms with Gasteiger partial charge >= 0.3 is 6.09 Å². The van der Waals surface area contributed by atoms with Crippen molar-refractivity contribution in [1.29, 1.82) is 5.26 Å². The SMILES string of the molecule is CC(C)OC(=O)N1Cc2cc3c(cc2CC1C(=O)NCCc1ccc(-c2ccc(C#N)cc2)cc1)N(C)C(=O)C(c1ccc(OCc2ccc(Cl)c(Cl)c2)cc1)O3.O=CO. The second-order valence-electron chi connectivity index (χ2n) is 14.4. The molecular weight excluding hydrogens is 807 g/mol. The molecular formula is C46H42Cl2N4O8. The van der Waals surface area contributed by atoms with Crippen LogP contribution in [0.2, 0.25) is 10.0 Å². The summed E-state index contributed by atoms with van der Waals surface area (Å²) < 4.78 is 17.9. The number of nitriles is 1. The smallest absolute Gasteiger partial charge is 0.411 e. The normalized spacial score (nSPS) is 15.3. The van der Waals surface area contributed by atoms with E-state index >= 15 is 0 Å². The molecule has 2 aliphatic rings. The number of rotatable bonds is 10. The van der Waals surface area contributed by atoms with Crippen molar-refractivity contribution in [1.82, 2.24) is 10.2 Å². The summed E-state index contributed by atoms with van der Waals surface area (Å²) in [5.41, 5.74) is 7.43. The van der Waals surface area contributed by atoms with Gasteiger partial charge in [0.2, 0.25) is 12.0 Å². The fourth-order valence-corrected chi connectivity index (χ4v) is 7.24. The number of ether oxygens (including phenoxy) is 3. The molecule has 0 bridgehead atoms. The summed E-state index contributed by atoms with van der Waals surface area (Å²) in [5, 5.41) is 19.9. The largest absolute Gasteiger partial charge is 0.489 e. The fraction of sp³-hybridized carbons (Fsp3) is 0.239. The van der Waals surface area contributed by atoms with Crippen LogP contribution >= 0.6 is 23.2 Å². The summed E-state index contributed by atoms with van der Waals surface area (Å²) in [6, 6.07) is 33.0. The van der Waals surface area contributed by atoms with Gasteiger partial charge in [-0.15, -0.1) is 0 Å². The molecule has 2 N–H and O–H groups in total. The van der Waals surface area contributed by atoms with Gasteiger partial charge in [-0.05, 0) is 102 Å². The first kappa shape index (κ1) is 43.0. The fourth-order valence-electron chi connectivity index (χ4n) is 6.92. The first-order valence-corrected chi connectivity index (χ1v) is 19.8. The van der Waals surface area contributed by atoms with Crippen LogP contribution in [0.15, 0.2) is 103 Å². The topological polar surface area (TPSA) is 158 Å². The number of halogens is 2. The number of nitrogens with one attached hydrogen (secondary N) is 1. The second-order valence-corrected chi connectivity index (χ2v) is 15.2. The van der Waals surface area contributed by atoms with Gasteiger partial charge in [-0.1, -0.05) is 77.8 Å². The van der Waals surface area contributed by atoms with E-state index in [2.05, 4.69) is 11.4 Å². The van der Waals surface area contributed by atoms with Gasteiger partial charge in [0.25, 0.3) is 12.4 Å². The van der Waals surface area contributed by atoms with Crippen LogP contribution in [0.4, 0.5) is 10.5 Å². The third-order valence-electron chi connectivity index (χ3n) is 10.0. The van der Waals surface area contributed by atoms with Crippen molar-refractivity contribution in [3.63, 3.8) is 0 Å². The molecule has 308 valence electrons. The predicted octanol–water partition coefficient (Wildman–Crippen LogP) is 8.54. The van der Waals surface area contributed by atoms with Gasteiger partial charge in [0.15, 0.2) is 0 Å². The highest BCUT2D eigenvalue weighted by Crippen LogP contribution is 2.42. The molecule has 2 atom stereocenters. The zero-order chi connectivity index (χ0) is 42.9. The number of benzene rings is 5. The van der Waals surface area contributed by atoms with Crippen LogP contribution in [-0.2, 0) is 45.1 Å². The number of likely N-dealkylation sites (N-methyl/N-ethyl adjacent to an activating group) is 1. The van der Waals surface area contributed by atoms with Crippen molar-refractivity contribution >= 4 is 53.3 Å². The molecule has 2 unspecified atom stereocenters. The molecule has 0 fully saturated rings. The third kappa shape index (κ3) is 10.2. The summed E-state index contributed by atoms with van der Waals surface area (Å²) in [7, 11) is 1.70. The molecule has 7 rings (SSSR count). The number of carboxylic acid groups (broad SMARTS) is 1. The van der Waals surface area contributed by atoms with E-state index in [9.17, 15) is 14.4 Å². The van der Waals surface area contributed by atoms with Gasteiger partial charge in [-0.2, -0.15) is 5.26 Å². The molecule has 0 radical (unpaired) electrons. The first-order valence-electron chi connectivity index (χ1n) is 19.1. The lowest BCUT2D eigenvalue weighted by atomic mass is 9.92. The summed E-state index contributed by atoms with van der Waals surface area (Å²) in [5.74, 6) is 0.561. The van der Waals surface area contributed by atoms with Gasteiger partial charge in [0.1, 0.15) is 24.1 Å². The minimum Gasteiger partial charge on any atom is -0.489 e. The number of fused-ring (bicyclic) bond motifs is 2. The molecule has 0 saturated heterocycles. The number of carbonyl (C=O) groups excluding carboxylic acids is 3. The van der Waals surface area contributed by atoms with Crippen LogP contribution in [0.3, 0.4) is 0 Å². The highest BCUT2D eigenvalue weighted by atomic mass is 35.5. The number of hydrogen-bond donors (Lipinski definition) is 2. The van der Waals surface area contributed by atoms with Crippen LogP contribution in [0.1, 0.15) is 53.3 Å². The molecule has 5 aromatic rings. The quantitative estimate of drug-likeness (QED) is 0.131. The van der Waals surface area contributed by atoms with Crippen LogP contribution < -0.4 is 19.7 Å². The molecule has 2 aliphatic heterocycles. The Morgan fingerprint density at radius 2 is 1.58 bits per heavy atom. The molecule has 5 aromatic carbocycles. The molecule has 3 amide bonds. The van der Waals surface area contributed by atoms with Gasteiger partial charge in [0.05, 0.1) is 40.0 Å². The Kier molecular flexibility index (Phi) is 14.0. The van der Waals surface area contributed by atoms with Crippen LogP contribution in [0.5, 0.6) is 11.5 Å². The van der Waals surface area contributed by atoms with Crippen molar-refractivity contribution in [2.45, 2.75) is 58.1 Å². The molecule has 14 heteroatoms. The van der Waals surface area contributed by atoms with Crippen molar-refractivity contribution in [3.8, 4) is 28.7 Å². The number of anilines is 1. The Morgan fingerprint density at radius 1 is 0.933 bits per heavy atom. The highest BCUT2D eigenvalue weighted by molar-refractivity contribution is 6.42. The Labute approximate surface area is 357 Å². The van der Waals surface area contributed by atoms with Crippen LogP contribution in [-0.4, -0.2) is 60.1 Å². The van der Waals surface area contributed by atoms with E-state index in [-0.39, 0.29) is 44.0 Å². The third-order valence-corrected chi connectivity index (χ3v) is 10.8. The molecule has 60 heavy (non-hydrogen) atoms. The zero-order valence-corrected chi connectivity index (χ0v) is 34.6. The van der Waals surface area contributed by atoms with E-state index in [4.69, 9.17) is 52.6 Å². The predicted molar refractivity (Wildman–Crippen MR) is 227 cm³/mol. The average molecular weight is 850 g/mol. The summed E-state index contributed by atoms with van der Waals surface area (Å²) in [6.07, 6.45) is -1.04. The maximum Gasteiger partial charge on any atom is 0.411 e. The van der Waals surface area contributed by atoms with Gasteiger partial charge in [-0.25, -0.2) is 4.79 Å². The monoisotopic (exact) mass is 848 g/mol. The lowest BCUT2D eigenvalue weighted by Gasteiger charge is -2.38. The van der Waals surface area contributed by atoms with Crippen molar-refractivity contribution < 1.29 is 38.5 Å². The Morgan fingerprint density at radius 3 is 2.22 bits per heavy atom. The van der Waals surface area contributed by atoms with E-state index in [1.54, 1.807) is 74.3 Å². The standard InChI is InChI=1S/C45H40Cl2N4O6.CH2O2/c1-27(2)56-45(54)51-25-35-23-41-39(50(3)44(53)42(57-41)33-13-15-36(16-14-33)55-26-30-8-17-37(46)38(47)20-30)21-34(35)22-40(51)43(52)49-19-18-28-4-9-31(10-5-28)32-11-6-29(24-48)7-12-32;2-1-3/h4-17,20-21,23,27,40,42H,18-19,22,25-26H2,1-3H3,(H,49,52);1H,(H,2,3). The van der Waals surface area contributed by atoms with E-state index in [0.717, 1.165) is 33.4 Å². The van der Waals surface area contributed by atoms with Gasteiger partial charge in [0, 0.05) is 25.6 Å². The number of carbonyl (C=O) groups is 4. The van der Waals surface area contributed by atoms with E-state index in [1.165, 1.54) is 4.90 Å². The molecule has 0 aliphatic carbocycles. The highest BCUT2D eigenvalue weighted by Gasteiger charge is 2.39. The molecule has 0 saturated carbocycles. The lowest BCUT2D eigenvalue weighted by molar-refractivity contribution is -0.127. The maximum atomic E-state index is 13.8. The molecule has 12 nitrogen and oxygen atoms in total. The maximum absolute atomic E-state index is 13.8. The molecule has 0 spiro atoms. The second kappa shape index (κ2) is 19.5. The average Bonchev–Trinajstić information content (AvgIpc) is 3.25. The Bertz CT molecular complexity index is 2400. The number of hydrogen-bond acceptors (Lipinski definition) is 8. The number of nitrogens with zero attached hydrogens (tertiary/aromatic N) is 3. The summed E-state index contributed by atoms with van der Waals surface area (Å²) >= 11 is 12.2. The van der Waals surface area contributed by atoms with Crippen LogP contribution in [0, 0.1) is 11.3 Å². The van der Waals surface area contributed by atoms with Gasteiger partial charge < -0.3 is 29.5 Å².